The van der Waals surface area contributed by atoms with Gasteiger partial charge in [0.25, 0.3) is 0 Å². The Labute approximate surface area is 145 Å². The molecule has 1 aliphatic heterocycles. The zero-order valence-electron chi connectivity index (χ0n) is 14.7. The highest BCUT2D eigenvalue weighted by Gasteiger charge is 2.32. The van der Waals surface area contributed by atoms with Crippen LogP contribution >= 0.6 is 0 Å². The number of ether oxygens (including phenoxy) is 1. The summed E-state index contributed by atoms with van der Waals surface area (Å²) in [5, 5.41) is 0. The standard InChI is InChI=1S/C20H30N2O2/c1-24-19-10-6-5-9-17(19)18(21)13-20(23)22-12-11-16(14-22)15-7-3-2-4-8-15/h5-6,9-10,15-16,18H,2-4,7-8,11-14,21H2,1H3. The predicted octanol–water partition coefficient (Wildman–Crippen LogP) is 3.51. The van der Waals surface area contributed by atoms with E-state index in [0.717, 1.165) is 30.3 Å². The molecule has 0 aromatic heterocycles. The van der Waals surface area contributed by atoms with Gasteiger partial charge in [-0.1, -0.05) is 50.3 Å². The number of benzene rings is 1. The summed E-state index contributed by atoms with van der Waals surface area (Å²) in [4.78, 5) is 14.7. The van der Waals surface area contributed by atoms with Crippen molar-refractivity contribution in [3.05, 3.63) is 29.8 Å². The lowest BCUT2D eigenvalue weighted by molar-refractivity contribution is -0.130. The van der Waals surface area contributed by atoms with Crippen LogP contribution in [0.4, 0.5) is 0 Å². The topological polar surface area (TPSA) is 55.6 Å². The van der Waals surface area contributed by atoms with Gasteiger partial charge < -0.3 is 15.4 Å². The van der Waals surface area contributed by atoms with Gasteiger partial charge in [-0.15, -0.1) is 0 Å². The van der Waals surface area contributed by atoms with E-state index in [0.29, 0.717) is 12.3 Å². The molecule has 2 aliphatic rings. The van der Waals surface area contributed by atoms with Gasteiger partial charge in [-0.05, 0) is 24.3 Å². The average molecular weight is 330 g/mol. The summed E-state index contributed by atoms with van der Waals surface area (Å²) in [6, 6.07) is 7.41. The first-order valence-electron chi connectivity index (χ1n) is 9.35. The van der Waals surface area contributed by atoms with E-state index in [-0.39, 0.29) is 11.9 Å². The SMILES string of the molecule is COc1ccccc1C(N)CC(=O)N1CCC(C2CCCCC2)C1. The van der Waals surface area contributed by atoms with Crippen LogP contribution in [0.3, 0.4) is 0 Å². The minimum absolute atomic E-state index is 0.187. The Morgan fingerprint density at radius 2 is 1.96 bits per heavy atom. The maximum Gasteiger partial charge on any atom is 0.224 e. The second kappa shape index (κ2) is 8.02. The van der Waals surface area contributed by atoms with Crippen molar-refractivity contribution in [3.8, 4) is 5.75 Å². The van der Waals surface area contributed by atoms with E-state index < -0.39 is 0 Å². The van der Waals surface area contributed by atoms with Gasteiger partial charge in [0, 0.05) is 31.1 Å². The van der Waals surface area contributed by atoms with Crippen LogP contribution in [0.5, 0.6) is 5.75 Å². The van der Waals surface area contributed by atoms with Gasteiger partial charge in [0.05, 0.1) is 7.11 Å². The Kier molecular flexibility index (Phi) is 5.77. The number of carbonyl (C=O) groups excluding carboxylic acids is 1. The molecule has 2 N–H and O–H groups in total. The number of nitrogens with zero attached hydrogens (tertiary/aromatic N) is 1. The van der Waals surface area contributed by atoms with Crippen LogP contribution in [0, 0.1) is 11.8 Å². The third-order valence-electron chi connectivity index (χ3n) is 5.83. The number of nitrogens with two attached hydrogens (primary N) is 1. The lowest BCUT2D eigenvalue weighted by Gasteiger charge is -2.27. The summed E-state index contributed by atoms with van der Waals surface area (Å²) in [5.41, 5.74) is 7.20. The molecule has 2 unspecified atom stereocenters. The van der Waals surface area contributed by atoms with Gasteiger partial charge in [0.15, 0.2) is 0 Å². The van der Waals surface area contributed by atoms with Crippen LogP contribution in [0.25, 0.3) is 0 Å². The van der Waals surface area contributed by atoms with Crippen molar-refractivity contribution in [2.45, 2.75) is 51.0 Å². The second-order valence-electron chi connectivity index (χ2n) is 7.34. The molecule has 3 rings (SSSR count). The predicted molar refractivity (Wildman–Crippen MR) is 95.8 cm³/mol. The monoisotopic (exact) mass is 330 g/mol. The number of hydrogen-bond donors (Lipinski definition) is 1. The number of likely N-dealkylation sites (tertiary alicyclic amines) is 1. The fourth-order valence-electron chi connectivity index (χ4n) is 4.40. The van der Waals surface area contributed by atoms with Crippen LogP contribution in [0.15, 0.2) is 24.3 Å². The molecule has 4 heteroatoms. The van der Waals surface area contributed by atoms with Gasteiger partial charge in [0.1, 0.15) is 5.75 Å². The number of rotatable bonds is 5. The molecule has 1 amide bonds. The first-order chi connectivity index (χ1) is 11.7. The highest BCUT2D eigenvalue weighted by molar-refractivity contribution is 5.77. The lowest BCUT2D eigenvalue weighted by Crippen LogP contribution is -2.32. The van der Waals surface area contributed by atoms with Gasteiger partial charge in [-0.2, -0.15) is 0 Å². The second-order valence-corrected chi connectivity index (χ2v) is 7.34. The van der Waals surface area contributed by atoms with Crippen molar-refractivity contribution in [2.24, 2.45) is 17.6 Å². The minimum atomic E-state index is -0.303. The molecule has 0 spiro atoms. The summed E-state index contributed by atoms with van der Waals surface area (Å²) in [6.45, 7) is 1.83. The van der Waals surface area contributed by atoms with Crippen LogP contribution in [0.1, 0.15) is 56.6 Å². The van der Waals surface area contributed by atoms with Crippen LogP contribution in [-0.4, -0.2) is 31.0 Å². The van der Waals surface area contributed by atoms with E-state index in [9.17, 15) is 4.79 Å². The number of amides is 1. The van der Waals surface area contributed by atoms with Gasteiger partial charge in [-0.25, -0.2) is 0 Å². The summed E-state index contributed by atoms with van der Waals surface area (Å²) >= 11 is 0. The van der Waals surface area contributed by atoms with Gasteiger partial charge in [-0.3, -0.25) is 4.79 Å². The summed E-state index contributed by atoms with van der Waals surface area (Å²) < 4.78 is 5.37. The number of hydrogen-bond acceptors (Lipinski definition) is 3. The Balaban J connectivity index is 1.55. The summed E-state index contributed by atoms with van der Waals surface area (Å²) in [5.74, 6) is 2.49. The Morgan fingerprint density at radius 1 is 1.21 bits per heavy atom. The third kappa shape index (κ3) is 3.92. The molecule has 0 radical (unpaired) electrons. The van der Waals surface area contributed by atoms with E-state index in [1.54, 1.807) is 7.11 Å². The van der Waals surface area contributed by atoms with Gasteiger partial charge >= 0.3 is 0 Å². The van der Waals surface area contributed by atoms with E-state index in [4.69, 9.17) is 10.5 Å². The Morgan fingerprint density at radius 3 is 2.71 bits per heavy atom. The first kappa shape index (κ1) is 17.3. The molecular weight excluding hydrogens is 300 g/mol. The van der Waals surface area contributed by atoms with E-state index >= 15 is 0 Å². The molecule has 0 bridgehead atoms. The molecule has 1 aliphatic carbocycles. The van der Waals surface area contributed by atoms with Crippen LogP contribution in [-0.2, 0) is 4.79 Å². The Bertz CT molecular complexity index is 554. The third-order valence-corrected chi connectivity index (χ3v) is 5.83. The fraction of sp³-hybridized carbons (Fsp3) is 0.650. The van der Waals surface area contributed by atoms with Crippen molar-refractivity contribution in [2.75, 3.05) is 20.2 Å². The van der Waals surface area contributed by atoms with E-state index in [1.807, 2.05) is 29.2 Å². The molecule has 1 aromatic rings. The van der Waals surface area contributed by atoms with Crippen molar-refractivity contribution in [1.82, 2.24) is 4.90 Å². The van der Waals surface area contributed by atoms with Crippen molar-refractivity contribution in [3.63, 3.8) is 0 Å². The highest BCUT2D eigenvalue weighted by atomic mass is 16.5. The molecule has 1 saturated carbocycles. The molecular formula is C20H30N2O2. The number of para-hydroxylation sites is 1. The Hall–Kier alpha value is -1.55. The van der Waals surface area contributed by atoms with E-state index in [2.05, 4.69) is 0 Å². The van der Waals surface area contributed by atoms with Crippen molar-refractivity contribution in [1.29, 1.82) is 0 Å². The largest absolute Gasteiger partial charge is 0.496 e. The van der Waals surface area contributed by atoms with Crippen LogP contribution < -0.4 is 10.5 Å². The molecule has 1 heterocycles. The molecule has 2 atom stereocenters. The highest BCUT2D eigenvalue weighted by Crippen LogP contribution is 2.35. The van der Waals surface area contributed by atoms with E-state index in [1.165, 1.54) is 38.5 Å². The number of carbonyl (C=O) groups is 1. The minimum Gasteiger partial charge on any atom is -0.496 e. The fourth-order valence-corrected chi connectivity index (χ4v) is 4.40. The lowest BCUT2D eigenvalue weighted by atomic mass is 9.80. The normalized spacial score (nSPS) is 23.2. The first-order valence-corrected chi connectivity index (χ1v) is 9.35. The van der Waals surface area contributed by atoms with Gasteiger partial charge in [0.2, 0.25) is 5.91 Å². The zero-order valence-corrected chi connectivity index (χ0v) is 14.7. The average Bonchev–Trinajstić information content (AvgIpc) is 3.12. The zero-order chi connectivity index (χ0) is 16.9. The molecule has 2 fully saturated rings. The maximum absolute atomic E-state index is 12.7. The smallest absolute Gasteiger partial charge is 0.224 e. The molecule has 132 valence electrons. The quantitative estimate of drug-likeness (QED) is 0.899. The molecule has 1 aromatic carbocycles. The molecule has 4 nitrogen and oxygen atoms in total. The maximum atomic E-state index is 12.7. The van der Waals surface area contributed by atoms with Crippen molar-refractivity contribution >= 4 is 5.91 Å². The summed E-state index contributed by atoms with van der Waals surface area (Å²) in [6.07, 6.45) is 8.36. The van der Waals surface area contributed by atoms with Crippen LogP contribution in [0.2, 0.25) is 0 Å². The summed E-state index contributed by atoms with van der Waals surface area (Å²) in [7, 11) is 1.64. The molecule has 1 saturated heterocycles. The molecule has 24 heavy (non-hydrogen) atoms. The number of methoxy groups -OCH3 is 1. The van der Waals surface area contributed by atoms with Crippen molar-refractivity contribution < 1.29 is 9.53 Å².